The lowest BCUT2D eigenvalue weighted by Crippen LogP contribution is -2.42. The predicted molar refractivity (Wildman–Crippen MR) is 64.8 cm³/mol. The van der Waals surface area contributed by atoms with E-state index in [0.29, 0.717) is 10.8 Å². The van der Waals surface area contributed by atoms with E-state index in [4.69, 9.17) is 0 Å². The maximum atomic E-state index is 3.82. The molecule has 2 unspecified atom stereocenters. The zero-order valence-electron chi connectivity index (χ0n) is 9.89. The van der Waals surface area contributed by atoms with E-state index < -0.39 is 0 Å². The van der Waals surface area contributed by atoms with E-state index in [1.165, 1.54) is 24.3 Å². The Labute approximate surface area is 92.4 Å². The van der Waals surface area contributed by atoms with Gasteiger partial charge in [-0.15, -0.1) is 0 Å². The maximum Gasteiger partial charge on any atom is 0.0166 e. The summed E-state index contributed by atoms with van der Waals surface area (Å²) in [6.07, 6.45) is 2.72. The van der Waals surface area contributed by atoms with Crippen LogP contribution in [-0.4, -0.2) is 23.6 Å². The molecule has 0 radical (unpaired) electrons. The largest absolute Gasteiger partial charge is 0.310 e. The summed E-state index contributed by atoms with van der Waals surface area (Å²) in [4.78, 5) is 0. The molecule has 1 heterocycles. The summed E-state index contributed by atoms with van der Waals surface area (Å²) in [5, 5.41) is 3.82. The van der Waals surface area contributed by atoms with Gasteiger partial charge in [0, 0.05) is 17.8 Å². The zero-order valence-corrected chi connectivity index (χ0v) is 10.7. The molecule has 2 aliphatic rings. The molecule has 1 N–H and O–H groups in total. The van der Waals surface area contributed by atoms with E-state index in [9.17, 15) is 0 Å². The van der Waals surface area contributed by atoms with Gasteiger partial charge in [0.25, 0.3) is 0 Å². The minimum atomic E-state index is 0.541. The standard InChI is InChI=1S/C12H23NS/c1-11(2)5-9(7-14-8-11)13-10-6-12(10,3)4/h9-10,13H,5-8H2,1-4H3. The topological polar surface area (TPSA) is 12.0 Å². The van der Waals surface area contributed by atoms with Crippen LogP contribution < -0.4 is 5.32 Å². The molecule has 82 valence electrons. The van der Waals surface area contributed by atoms with Gasteiger partial charge in [0.2, 0.25) is 0 Å². The fraction of sp³-hybridized carbons (Fsp3) is 1.00. The molecule has 0 amide bonds. The Bertz CT molecular complexity index is 222. The van der Waals surface area contributed by atoms with E-state index in [0.717, 1.165) is 12.1 Å². The van der Waals surface area contributed by atoms with E-state index in [1.807, 2.05) is 0 Å². The molecule has 0 aromatic carbocycles. The molecule has 1 aliphatic carbocycles. The number of rotatable bonds is 2. The Hall–Kier alpha value is 0.310. The second-order valence-electron chi connectivity index (χ2n) is 6.49. The van der Waals surface area contributed by atoms with Crippen LogP contribution in [0.3, 0.4) is 0 Å². The number of hydrogen-bond acceptors (Lipinski definition) is 2. The molecule has 2 rings (SSSR count). The van der Waals surface area contributed by atoms with Crippen LogP contribution in [0.4, 0.5) is 0 Å². The summed E-state index contributed by atoms with van der Waals surface area (Å²) < 4.78 is 0. The first-order valence-electron chi connectivity index (χ1n) is 5.73. The van der Waals surface area contributed by atoms with Gasteiger partial charge in [0.1, 0.15) is 0 Å². The molecule has 0 bridgehead atoms. The van der Waals surface area contributed by atoms with Crippen LogP contribution >= 0.6 is 11.8 Å². The smallest absolute Gasteiger partial charge is 0.0166 e. The van der Waals surface area contributed by atoms with Gasteiger partial charge >= 0.3 is 0 Å². The molecule has 1 aliphatic heterocycles. The van der Waals surface area contributed by atoms with Crippen LogP contribution in [-0.2, 0) is 0 Å². The first-order chi connectivity index (χ1) is 6.39. The van der Waals surface area contributed by atoms with Crippen LogP contribution in [0.25, 0.3) is 0 Å². The summed E-state index contributed by atoms with van der Waals surface area (Å²) in [7, 11) is 0. The molecule has 1 saturated carbocycles. The van der Waals surface area contributed by atoms with Crippen molar-refractivity contribution >= 4 is 11.8 Å². The van der Waals surface area contributed by atoms with Crippen LogP contribution in [0.1, 0.15) is 40.5 Å². The Morgan fingerprint density at radius 3 is 2.29 bits per heavy atom. The molecule has 2 fully saturated rings. The van der Waals surface area contributed by atoms with Gasteiger partial charge in [0.15, 0.2) is 0 Å². The summed E-state index contributed by atoms with van der Waals surface area (Å²) in [6, 6.07) is 1.55. The van der Waals surface area contributed by atoms with Crippen molar-refractivity contribution in [2.45, 2.75) is 52.6 Å². The van der Waals surface area contributed by atoms with Crippen molar-refractivity contribution in [3.8, 4) is 0 Å². The second kappa shape index (κ2) is 3.41. The molecule has 14 heavy (non-hydrogen) atoms. The summed E-state index contributed by atoms with van der Waals surface area (Å²) >= 11 is 2.12. The van der Waals surface area contributed by atoms with E-state index in [1.54, 1.807) is 0 Å². The highest BCUT2D eigenvalue weighted by Crippen LogP contribution is 2.46. The summed E-state index contributed by atoms with van der Waals surface area (Å²) in [5.41, 5.74) is 1.12. The quantitative estimate of drug-likeness (QED) is 0.757. The van der Waals surface area contributed by atoms with Crippen molar-refractivity contribution in [1.29, 1.82) is 0 Å². The number of nitrogens with one attached hydrogen (secondary N) is 1. The number of hydrogen-bond donors (Lipinski definition) is 1. The summed E-state index contributed by atoms with van der Waals surface area (Å²) in [6.45, 7) is 9.52. The first-order valence-corrected chi connectivity index (χ1v) is 6.88. The van der Waals surface area contributed by atoms with Gasteiger partial charge in [-0.2, -0.15) is 11.8 Å². The van der Waals surface area contributed by atoms with Crippen molar-refractivity contribution in [3.63, 3.8) is 0 Å². The van der Waals surface area contributed by atoms with Gasteiger partial charge in [-0.3, -0.25) is 0 Å². The van der Waals surface area contributed by atoms with Crippen molar-refractivity contribution in [2.75, 3.05) is 11.5 Å². The van der Waals surface area contributed by atoms with Crippen LogP contribution in [0.15, 0.2) is 0 Å². The molecular formula is C12H23NS. The number of thioether (sulfide) groups is 1. The van der Waals surface area contributed by atoms with Crippen molar-refractivity contribution in [1.82, 2.24) is 5.32 Å². The van der Waals surface area contributed by atoms with Crippen molar-refractivity contribution < 1.29 is 0 Å². The average molecular weight is 213 g/mol. The Balaban J connectivity index is 1.82. The predicted octanol–water partition coefficient (Wildman–Crippen LogP) is 2.91. The van der Waals surface area contributed by atoms with Gasteiger partial charge < -0.3 is 5.32 Å². The monoisotopic (exact) mass is 213 g/mol. The third-order valence-electron chi connectivity index (χ3n) is 3.56. The Kier molecular flexibility index (Phi) is 2.64. The van der Waals surface area contributed by atoms with Gasteiger partial charge in [-0.25, -0.2) is 0 Å². The maximum absolute atomic E-state index is 3.82. The minimum absolute atomic E-state index is 0.541. The third kappa shape index (κ3) is 2.46. The Morgan fingerprint density at radius 1 is 1.14 bits per heavy atom. The lowest BCUT2D eigenvalue weighted by atomic mass is 9.87. The van der Waals surface area contributed by atoms with Crippen molar-refractivity contribution in [3.05, 3.63) is 0 Å². The molecule has 2 heteroatoms. The fourth-order valence-electron chi connectivity index (χ4n) is 2.41. The normalized spacial score (nSPS) is 39.4. The Morgan fingerprint density at radius 2 is 1.79 bits per heavy atom. The highest BCUT2D eigenvalue weighted by molar-refractivity contribution is 7.99. The molecule has 1 saturated heterocycles. The highest BCUT2D eigenvalue weighted by Gasteiger charge is 2.46. The SMILES string of the molecule is CC1(C)CSCC(NC2CC2(C)C)C1. The van der Waals surface area contributed by atoms with Crippen LogP contribution in [0, 0.1) is 10.8 Å². The lowest BCUT2D eigenvalue weighted by molar-refractivity contribution is 0.310. The van der Waals surface area contributed by atoms with E-state index in [2.05, 4.69) is 44.8 Å². The van der Waals surface area contributed by atoms with Crippen molar-refractivity contribution in [2.24, 2.45) is 10.8 Å². The zero-order chi connectivity index (χ0) is 10.4. The minimum Gasteiger partial charge on any atom is -0.310 e. The average Bonchev–Trinajstić information content (AvgIpc) is 2.55. The first kappa shape index (κ1) is 10.8. The fourth-order valence-corrected chi connectivity index (χ4v) is 3.69. The molecular weight excluding hydrogens is 190 g/mol. The van der Waals surface area contributed by atoms with Gasteiger partial charge in [0.05, 0.1) is 0 Å². The van der Waals surface area contributed by atoms with Gasteiger partial charge in [-0.1, -0.05) is 27.7 Å². The lowest BCUT2D eigenvalue weighted by Gasteiger charge is -2.35. The molecule has 0 spiro atoms. The molecule has 0 aromatic rings. The summed E-state index contributed by atoms with van der Waals surface area (Å²) in [5.74, 6) is 2.65. The van der Waals surface area contributed by atoms with Crippen LogP contribution in [0.5, 0.6) is 0 Å². The van der Waals surface area contributed by atoms with E-state index in [-0.39, 0.29) is 0 Å². The van der Waals surface area contributed by atoms with Crippen LogP contribution in [0.2, 0.25) is 0 Å². The van der Waals surface area contributed by atoms with Gasteiger partial charge in [-0.05, 0) is 29.4 Å². The molecule has 0 aromatic heterocycles. The third-order valence-corrected chi connectivity index (χ3v) is 5.18. The van der Waals surface area contributed by atoms with E-state index >= 15 is 0 Å². The molecule has 1 nitrogen and oxygen atoms in total. The second-order valence-corrected chi connectivity index (χ2v) is 7.52. The molecule has 2 atom stereocenters. The highest BCUT2D eigenvalue weighted by atomic mass is 32.2.